The lowest BCUT2D eigenvalue weighted by Crippen LogP contribution is -2.05. The monoisotopic (exact) mass is 350 g/mol. The fourth-order valence-electron chi connectivity index (χ4n) is 4.07. The van der Waals surface area contributed by atoms with Crippen molar-refractivity contribution in [2.45, 2.75) is 30.6 Å². The van der Waals surface area contributed by atoms with Gasteiger partial charge in [-0.25, -0.2) is 8.42 Å². The zero-order valence-corrected chi connectivity index (χ0v) is 15.2. The van der Waals surface area contributed by atoms with Gasteiger partial charge in [-0.1, -0.05) is 67.5 Å². The number of hydrogen-bond donors (Lipinski definition) is 0. The Morgan fingerprint density at radius 2 is 1.28 bits per heavy atom. The minimum absolute atomic E-state index is 0.177. The Balaban J connectivity index is 1.80. The SMILES string of the molecule is CS(=O)(=O)c1ccc(C2=CC3(C=C2c2ccccc2)CCCC3)cc1. The molecule has 1 spiro atoms. The number of hydrogen-bond acceptors (Lipinski definition) is 2. The number of sulfone groups is 1. The quantitative estimate of drug-likeness (QED) is 0.769. The molecule has 1 saturated carbocycles. The molecule has 0 saturated heterocycles. The van der Waals surface area contributed by atoms with E-state index in [-0.39, 0.29) is 5.41 Å². The fourth-order valence-corrected chi connectivity index (χ4v) is 4.70. The summed E-state index contributed by atoms with van der Waals surface area (Å²) < 4.78 is 23.5. The van der Waals surface area contributed by atoms with Crippen LogP contribution in [0.3, 0.4) is 0 Å². The van der Waals surface area contributed by atoms with E-state index in [4.69, 9.17) is 0 Å². The molecule has 0 radical (unpaired) electrons. The van der Waals surface area contributed by atoms with Gasteiger partial charge in [0.15, 0.2) is 9.84 Å². The molecule has 2 aliphatic carbocycles. The molecule has 2 aromatic rings. The molecule has 0 unspecified atom stereocenters. The summed E-state index contributed by atoms with van der Waals surface area (Å²) in [7, 11) is -3.17. The second-order valence-corrected chi connectivity index (χ2v) is 9.23. The molecule has 2 aromatic carbocycles. The molecule has 0 heterocycles. The summed E-state index contributed by atoms with van der Waals surface area (Å²) in [6.07, 6.45) is 11.1. The molecule has 0 bridgehead atoms. The van der Waals surface area contributed by atoms with E-state index >= 15 is 0 Å². The largest absolute Gasteiger partial charge is 0.224 e. The highest BCUT2D eigenvalue weighted by Crippen LogP contribution is 2.51. The van der Waals surface area contributed by atoms with Gasteiger partial charge < -0.3 is 0 Å². The van der Waals surface area contributed by atoms with Crippen molar-refractivity contribution in [1.29, 1.82) is 0 Å². The van der Waals surface area contributed by atoms with E-state index in [0.717, 1.165) is 5.56 Å². The summed E-state index contributed by atoms with van der Waals surface area (Å²) in [5, 5.41) is 0. The first-order chi connectivity index (χ1) is 12.0. The maximum absolute atomic E-state index is 11.7. The van der Waals surface area contributed by atoms with E-state index in [2.05, 4.69) is 36.4 Å². The van der Waals surface area contributed by atoms with Crippen LogP contribution in [-0.4, -0.2) is 14.7 Å². The first-order valence-corrected chi connectivity index (χ1v) is 10.7. The van der Waals surface area contributed by atoms with Crippen LogP contribution in [0.1, 0.15) is 36.8 Å². The van der Waals surface area contributed by atoms with E-state index in [9.17, 15) is 8.42 Å². The average Bonchev–Trinajstić information content (AvgIpc) is 3.23. The van der Waals surface area contributed by atoms with Crippen molar-refractivity contribution < 1.29 is 8.42 Å². The van der Waals surface area contributed by atoms with Gasteiger partial charge in [0, 0.05) is 11.7 Å². The van der Waals surface area contributed by atoms with Gasteiger partial charge in [-0.3, -0.25) is 0 Å². The Morgan fingerprint density at radius 3 is 1.80 bits per heavy atom. The molecule has 25 heavy (non-hydrogen) atoms. The minimum atomic E-state index is -3.17. The van der Waals surface area contributed by atoms with Crippen LogP contribution >= 0.6 is 0 Å². The van der Waals surface area contributed by atoms with Crippen LogP contribution in [0.25, 0.3) is 11.1 Å². The summed E-state index contributed by atoms with van der Waals surface area (Å²) in [5.74, 6) is 0. The molecule has 0 atom stereocenters. The van der Waals surface area contributed by atoms with Crippen LogP contribution in [-0.2, 0) is 9.84 Å². The third-order valence-electron chi connectivity index (χ3n) is 5.37. The third-order valence-corrected chi connectivity index (χ3v) is 6.49. The van der Waals surface area contributed by atoms with E-state index in [1.165, 1.54) is 48.6 Å². The third kappa shape index (κ3) is 3.09. The molecule has 3 heteroatoms. The Kier molecular flexibility index (Phi) is 3.92. The highest BCUT2D eigenvalue weighted by molar-refractivity contribution is 7.90. The van der Waals surface area contributed by atoms with Crippen molar-refractivity contribution >= 4 is 21.0 Å². The molecule has 0 amide bonds. The Hall–Kier alpha value is -2.13. The molecule has 1 fully saturated rings. The van der Waals surface area contributed by atoms with Crippen LogP contribution in [0.5, 0.6) is 0 Å². The summed E-state index contributed by atoms with van der Waals surface area (Å²) in [5.41, 5.74) is 4.99. The van der Waals surface area contributed by atoms with E-state index < -0.39 is 9.84 Å². The molecular weight excluding hydrogens is 328 g/mol. The van der Waals surface area contributed by atoms with Gasteiger partial charge in [-0.05, 0) is 47.2 Å². The van der Waals surface area contributed by atoms with Crippen LogP contribution in [0.15, 0.2) is 71.6 Å². The lowest BCUT2D eigenvalue weighted by molar-refractivity contribution is 0.523. The standard InChI is InChI=1S/C22H22O2S/c1-25(23,24)19-11-9-18(10-12-19)21-16-22(13-5-6-14-22)15-20(21)17-7-3-2-4-8-17/h2-4,7-12,15-16H,5-6,13-14H2,1H3. The number of allylic oxidation sites excluding steroid dienone is 4. The molecule has 2 nitrogen and oxygen atoms in total. The number of benzene rings is 2. The molecule has 128 valence electrons. The van der Waals surface area contributed by atoms with Crippen molar-refractivity contribution in [2.24, 2.45) is 5.41 Å². The van der Waals surface area contributed by atoms with Gasteiger partial charge in [0.2, 0.25) is 0 Å². The predicted molar refractivity (Wildman–Crippen MR) is 103 cm³/mol. The van der Waals surface area contributed by atoms with Gasteiger partial charge in [-0.2, -0.15) is 0 Å². The molecule has 2 aliphatic rings. The van der Waals surface area contributed by atoms with Crippen LogP contribution < -0.4 is 0 Å². The van der Waals surface area contributed by atoms with Crippen molar-refractivity contribution in [3.63, 3.8) is 0 Å². The lowest BCUT2D eigenvalue weighted by atomic mass is 9.88. The minimum Gasteiger partial charge on any atom is -0.224 e. The highest BCUT2D eigenvalue weighted by Gasteiger charge is 2.35. The Labute approximate surface area is 149 Å². The number of rotatable bonds is 3. The van der Waals surface area contributed by atoms with Crippen molar-refractivity contribution in [3.8, 4) is 0 Å². The lowest BCUT2D eigenvalue weighted by Gasteiger charge is -2.16. The summed E-state index contributed by atoms with van der Waals surface area (Å²) in [6.45, 7) is 0. The van der Waals surface area contributed by atoms with Gasteiger partial charge in [0.25, 0.3) is 0 Å². The molecule has 4 rings (SSSR count). The summed E-state index contributed by atoms with van der Waals surface area (Å²) in [6, 6.07) is 17.8. The average molecular weight is 350 g/mol. The second kappa shape index (κ2) is 5.99. The van der Waals surface area contributed by atoms with Crippen LogP contribution in [0.2, 0.25) is 0 Å². The van der Waals surface area contributed by atoms with Gasteiger partial charge in [0.05, 0.1) is 4.90 Å². The summed E-state index contributed by atoms with van der Waals surface area (Å²) in [4.78, 5) is 0.371. The zero-order chi connectivity index (χ0) is 17.5. The van der Waals surface area contributed by atoms with E-state index in [1.807, 2.05) is 18.2 Å². The van der Waals surface area contributed by atoms with E-state index in [1.54, 1.807) is 12.1 Å². The normalized spacial score (nSPS) is 19.1. The zero-order valence-electron chi connectivity index (χ0n) is 14.4. The maximum atomic E-state index is 11.7. The highest BCUT2D eigenvalue weighted by atomic mass is 32.2. The molecule has 0 N–H and O–H groups in total. The molecule has 0 aliphatic heterocycles. The maximum Gasteiger partial charge on any atom is 0.175 e. The van der Waals surface area contributed by atoms with Gasteiger partial charge >= 0.3 is 0 Å². The smallest absolute Gasteiger partial charge is 0.175 e. The Morgan fingerprint density at radius 1 is 0.760 bits per heavy atom. The second-order valence-electron chi connectivity index (χ2n) is 7.22. The predicted octanol–water partition coefficient (Wildman–Crippen LogP) is 5.13. The van der Waals surface area contributed by atoms with Crippen LogP contribution in [0, 0.1) is 5.41 Å². The van der Waals surface area contributed by atoms with E-state index in [0.29, 0.717) is 4.90 Å². The van der Waals surface area contributed by atoms with Crippen molar-refractivity contribution in [1.82, 2.24) is 0 Å². The van der Waals surface area contributed by atoms with Gasteiger partial charge in [0.1, 0.15) is 0 Å². The van der Waals surface area contributed by atoms with Crippen molar-refractivity contribution in [3.05, 3.63) is 77.9 Å². The van der Waals surface area contributed by atoms with Crippen molar-refractivity contribution in [2.75, 3.05) is 6.26 Å². The summed E-state index contributed by atoms with van der Waals surface area (Å²) >= 11 is 0. The van der Waals surface area contributed by atoms with Gasteiger partial charge in [-0.15, -0.1) is 0 Å². The fraction of sp³-hybridized carbons (Fsp3) is 0.273. The topological polar surface area (TPSA) is 34.1 Å². The molecular formula is C22H22O2S. The first-order valence-electron chi connectivity index (χ1n) is 8.79. The molecule has 0 aromatic heterocycles. The first kappa shape index (κ1) is 16.3. The Bertz CT molecular complexity index is 943. The van der Waals surface area contributed by atoms with Crippen LogP contribution in [0.4, 0.5) is 0 Å².